The van der Waals surface area contributed by atoms with Gasteiger partial charge in [-0.25, -0.2) is 0 Å². The summed E-state index contributed by atoms with van der Waals surface area (Å²) >= 11 is 0. The summed E-state index contributed by atoms with van der Waals surface area (Å²) in [6, 6.07) is 9.01. The molecule has 0 radical (unpaired) electrons. The lowest BCUT2D eigenvalue weighted by Crippen LogP contribution is -2.35. The van der Waals surface area contributed by atoms with Crippen LogP contribution in [0, 0.1) is 0 Å². The van der Waals surface area contributed by atoms with Gasteiger partial charge in [-0.3, -0.25) is 4.79 Å². The first kappa shape index (κ1) is 11.8. The zero-order valence-corrected chi connectivity index (χ0v) is 11.6. The largest absolute Gasteiger partial charge is 0.364 e. The van der Waals surface area contributed by atoms with Crippen LogP contribution >= 0.6 is 0 Å². The van der Waals surface area contributed by atoms with Gasteiger partial charge < -0.3 is 10.2 Å². The maximum absolute atomic E-state index is 11.9. The maximum Gasteiger partial charge on any atom is 0.251 e. The number of nitrogens with zero attached hydrogens (tertiary/aromatic N) is 1. The molecule has 2 unspecified atom stereocenters. The van der Waals surface area contributed by atoms with Crippen molar-refractivity contribution in [2.75, 3.05) is 18.0 Å². The van der Waals surface area contributed by atoms with Crippen molar-refractivity contribution in [3.05, 3.63) is 53.1 Å². The van der Waals surface area contributed by atoms with Crippen LogP contribution < -0.4 is 10.2 Å². The van der Waals surface area contributed by atoms with Crippen LogP contribution in [0.15, 0.2) is 47.6 Å². The van der Waals surface area contributed by atoms with Gasteiger partial charge in [0, 0.05) is 30.3 Å². The second-order valence-corrected chi connectivity index (χ2v) is 5.70. The molecule has 2 atom stereocenters. The van der Waals surface area contributed by atoms with Crippen LogP contribution in [0.25, 0.3) is 0 Å². The van der Waals surface area contributed by atoms with Crippen molar-refractivity contribution >= 4 is 11.6 Å². The van der Waals surface area contributed by atoms with Crippen molar-refractivity contribution in [1.82, 2.24) is 5.32 Å². The van der Waals surface area contributed by atoms with Gasteiger partial charge in [-0.15, -0.1) is 0 Å². The number of benzene rings is 1. The fraction of sp³-hybridized carbons (Fsp3) is 0.353. The summed E-state index contributed by atoms with van der Waals surface area (Å²) in [6.07, 6.45) is 5.37. The van der Waals surface area contributed by atoms with Crippen molar-refractivity contribution in [3.63, 3.8) is 0 Å². The first-order valence-electron chi connectivity index (χ1n) is 7.36. The number of para-hydroxylation sites is 1. The Morgan fingerprint density at radius 1 is 1.35 bits per heavy atom. The molecule has 0 bridgehead atoms. The zero-order chi connectivity index (χ0) is 13.7. The second kappa shape index (κ2) is 4.23. The normalized spacial score (nSPS) is 26.4. The summed E-state index contributed by atoms with van der Waals surface area (Å²) in [6.45, 7) is 3.98. The maximum atomic E-state index is 11.9. The van der Waals surface area contributed by atoms with E-state index < -0.39 is 0 Å². The molecule has 0 saturated carbocycles. The number of rotatable bonds is 2. The SMILES string of the molecule is CCCN1c2ccccc2C2C3=C(C=CC21)C(=O)NC3. The lowest BCUT2D eigenvalue weighted by Gasteiger charge is -2.30. The van der Waals surface area contributed by atoms with Crippen molar-refractivity contribution in [2.24, 2.45) is 0 Å². The summed E-state index contributed by atoms with van der Waals surface area (Å²) in [5.41, 5.74) is 4.87. The highest BCUT2D eigenvalue weighted by molar-refractivity contribution is 6.01. The van der Waals surface area contributed by atoms with Gasteiger partial charge in [0.15, 0.2) is 0 Å². The van der Waals surface area contributed by atoms with E-state index in [1.165, 1.54) is 16.8 Å². The van der Waals surface area contributed by atoms with Crippen LogP contribution in [0.2, 0.25) is 0 Å². The smallest absolute Gasteiger partial charge is 0.251 e. The molecule has 3 heteroatoms. The molecule has 0 saturated heterocycles. The minimum absolute atomic E-state index is 0.0844. The highest BCUT2D eigenvalue weighted by Crippen LogP contribution is 2.48. The molecular weight excluding hydrogens is 248 g/mol. The van der Waals surface area contributed by atoms with E-state index >= 15 is 0 Å². The minimum atomic E-state index is 0.0844. The lowest BCUT2D eigenvalue weighted by atomic mass is 9.82. The van der Waals surface area contributed by atoms with Gasteiger partial charge in [-0.05, 0) is 23.6 Å². The van der Waals surface area contributed by atoms with Gasteiger partial charge >= 0.3 is 0 Å². The molecule has 1 aliphatic carbocycles. The van der Waals surface area contributed by atoms with Crippen molar-refractivity contribution in [1.29, 1.82) is 0 Å². The lowest BCUT2D eigenvalue weighted by molar-refractivity contribution is -0.116. The Labute approximate surface area is 119 Å². The van der Waals surface area contributed by atoms with Crippen LogP contribution in [0.3, 0.4) is 0 Å². The minimum Gasteiger partial charge on any atom is -0.364 e. The second-order valence-electron chi connectivity index (χ2n) is 5.70. The third-order valence-electron chi connectivity index (χ3n) is 4.61. The van der Waals surface area contributed by atoms with Gasteiger partial charge in [0.2, 0.25) is 0 Å². The summed E-state index contributed by atoms with van der Waals surface area (Å²) in [4.78, 5) is 14.4. The molecule has 2 aliphatic heterocycles. The van der Waals surface area contributed by atoms with E-state index in [-0.39, 0.29) is 5.91 Å². The predicted octanol–water partition coefficient (Wildman–Crippen LogP) is 2.37. The number of carbonyl (C=O) groups is 1. The van der Waals surface area contributed by atoms with Crippen molar-refractivity contribution < 1.29 is 4.79 Å². The Kier molecular flexibility index (Phi) is 2.49. The molecule has 20 heavy (non-hydrogen) atoms. The van der Waals surface area contributed by atoms with Gasteiger partial charge in [-0.2, -0.15) is 0 Å². The Hall–Kier alpha value is -2.03. The molecule has 0 aromatic heterocycles. The molecule has 2 heterocycles. The fourth-order valence-electron chi connectivity index (χ4n) is 3.82. The van der Waals surface area contributed by atoms with Gasteiger partial charge in [0.1, 0.15) is 0 Å². The number of nitrogens with one attached hydrogen (secondary N) is 1. The van der Waals surface area contributed by atoms with E-state index in [2.05, 4.69) is 47.5 Å². The number of carbonyl (C=O) groups excluding carboxylic acids is 1. The molecule has 3 nitrogen and oxygen atoms in total. The van der Waals surface area contributed by atoms with Crippen molar-refractivity contribution in [3.8, 4) is 0 Å². The monoisotopic (exact) mass is 266 g/mol. The standard InChI is InChI=1S/C17H18N2O/c1-2-9-19-14-6-4-3-5-12(14)16-13-10-18-17(20)11(13)7-8-15(16)19/h3-8,15-16H,2,9-10H2,1H3,(H,18,20). The fourth-order valence-corrected chi connectivity index (χ4v) is 3.82. The molecule has 1 aromatic carbocycles. The van der Waals surface area contributed by atoms with E-state index in [4.69, 9.17) is 0 Å². The highest BCUT2D eigenvalue weighted by atomic mass is 16.1. The molecule has 1 aromatic rings. The molecule has 4 rings (SSSR count). The predicted molar refractivity (Wildman–Crippen MR) is 79.8 cm³/mol. The van der Waals surface area contributed by atoms with Gasteiger partial charge in [0.25, 0.3) is 5.91 Å². The molecule has 0 spiro atoms. The number of anilines is 1. The third-order valence-corrected chi connectivity index (χ3v) is 4.61. The van der Waals surface area contributed by atoms with E-state index in [9.17, 15) is 4.79 Å². The summed E-state index contributed by atoms with van der Waals surface area (Å²) in [5, 5.41) is 2.97. The Morgan fingerprint density at radius 2 is 2.20 bits per heavy atom. The van der Waals surface area contributed by atoms with Crippen LogP contribution in [0.1, 0.15) is 24.8 Å². The first-order valence-corrected chi connectivity index (χ1v) is 7.36. The van der Waals surface area contributed by atoms with E-state index in [1.54, 1.807) is 0 Å². The number of amides is 1. The molecule has 0 fully saturated rings. The third kappa shape index (κ3) is 1.43. The molecule has 1 N–H and O–H groups in total. The average Bonchev–Trinajstić information content (AvgIpc) is 3.00. The number of hydrogen-bond acceptors (Lipinski definition) is 2. The van der Waals surface area contributed by atoms with Crippen LogP contribution in [0.5, 0.6) is 0 Å². The number of fused-ring (bicyclic) bond motifs is 4. The average molecular weight is 266 g/mol. The topological polar surface area (TPSA) is 32.3 Å². The van der Waals surface area contributed by atoms with Crippen LogP contribution in [-0.2, 0) is 4.79 Å². The van der Waals surface area contributed by atoms with E-state index in [1.807, 2.05) is 6.08 Å². The van der Waals surface area contributed by atoms with Crippen LogP contribution in [0.4, 0.5) is 5.69 Å². The Bertz CT molecular complexity index is 644. The summed E-state index contributed by atoms with van der Waals surface area (Å²) in [7, 11) is 0. The van der Waals surface area contributed by atoms with Crippen LogP contribution in [-0.4, -0.2) is 25.0 Å². The highest BCUT2D eigenvalue weighted by Gasteiger charge is 2.43. The number of hydrogen-bond donors (Lipinski definition) is 1. The summed E-state index contributed by atoms with van der Waals surface area (Å²) in [5.74, 6) is 0.429. The quantitative estimate of drug-likeness (QED) is 0.891. The molecule has 3 aliphatic rings. The van der Waals surface area contributed by atoms with E-state index in [0.717, 1.165) is 18.5 Å². The van der Waals surface area contributed by atoms with Crippen molar-refractivity contribution in [2.45, 2.75) is 25.3 Å². The zero-order valence-electron chi connectivity index (χ0n) is 11.6. The Balaban J connectivity index is 1.86. The van der Waals surface area contributed by atoms with E-state index in [0.29, 0.717) is 18.5 Å². The molecular formula is C17H18N2O. The molecule has 102 valence electrons. The first-order chi connectivity index (χ1) is 9.81. The Morgan fingerprint density at radius 3 is 3.05 bits per heavy atom. The van der Waals surface area contributed by atoms with Gasteiger partial charge in [-0.1, -0.05) is 37.3 Å². The molecule has 1 amide bonds. The van der Waals surface area contributed by atoms with Gasteiger partial charge in [0.05, 0.1) is 6.04 Å². The summed E-state index contributed by atoms with van der Waals surface area (Å²) < 4.78 is 0.